The van der Waals surface area contributed by atoms with Crippen LogP contribution in [0.1, 0.15) is 30.6 Å². The van der Waals surface area contributed by atoms with Gasteiger partial charge in [0.15, 0.2) is 0 Å². The van der Waals surface area contributed by atoms with Gasteiger partial charge in [0, 0.05) is 50.1 Å². The minimum absolute atomic E-state index is 0.00826. The van der Waals surface area contributed by atoms with Gasteiger partial charge in [0.05, 0.1) is 6.61 Å². The van der Waals surface area contributed by atoms with Gasteiger partial charge < -0.3 is 20.7 Å². The van der Waals surface area contributed by atoms with E-state index in [-0.39, 0.29) is 18.0 Å². The molecule has 0 aliphatic heterocycles. The van der Waals surface area contributed by atoms with E-state index in [0.29, 0.717) is 37.9 Å². The van der Waals surface area contributed by atoms with Gasteiger partial charge in [0.1, 0.15) is 0 Å². The van der Waals surface area contributed by atoms with Crippen LogP contribution >= 0.6 is 12.6 Å². The monoisotopic (exact) mass is 417 g/mol. The molecule has 0 aromatic heterocycles. The molecule has 0 saturated carbocycles. The first-order chi connectivity index (χ1) is 14.0. The SMILES string of the molecule is CC[C@H](C)[C@@H](CN(CCOC)C(=O)c1cccc2ccccc12)NC[C@@H](N)CS. The van der Waals surface area contributed by atoms with Crippen LogP contribution in [-0.2, 0) is 4.74 Å². The second kappa shape index (κ2) is 12.2. The average Bonchev–Trinajstić information content (AvgIpc) is 2.76. The van der Waals surface area contributed by atoms with E-state index in [0.717, 1.165) is 22.8 Å². The van der Waals surface area contributed by atoms with E-state index in [1.807, 2.05) is 47.4 Å². The highest BCUT2D eigenvalue weighted by Crippen LogP contribution is 2.21. The molecule has 3 atom stereocenters. The normalized spacial score (nSPS) is 14.5. The number of rotatable bonds is 12. The zero-order valence-corrected chi connectivity index (χ0v) is 18.7. The van der Waals surface area contributed by atoms with Gasteiger partial charge in [-0.2, -0.15) is 12.6 Å². The van der Waals surface area contributed by atoms with Crippen molar-refractivity contribution >= 4 is 29.3 Å². The van der Waals surface area contributed by atoms with Crippen molar-refractivity contribution in [1.29, 1.82) is 0 Å². The second-order valence-electron chi connectivity index (χ2n) is 7.61. The number of ether oxygens (including phenoxy) is 1. The van der Waals surface area contributed by atoms with E-state index in [9.17, 15) is 4.79 Å². The Morgan fingerprint density at radius 2 is 1.97 bits per heavy atom. The number of amides is 1. The van der Waals surface area contributed by atoms with E-state index < -0.39 is 0 Å². The molecular weight excluding hydrogens is 382 g/mol. The summed E-state index contributed by atoms with van der Waals surface area (Å²) in [6.45, 7) is 6.72. The smallest absolute Gasteiger partial charge is 0.254 e. The van der Waals surface area contributed by atoms with Gasteiger partial charge in [-0.25, -0.2) is 0 Å². The molecule has 29 heavy (non-hydrogen) atoms. The minimum Gasteiger partial charge on any atom is -0.383 e. The predicted octanol–water partition coefficient (Wildman–Crippen LogP) is 3.19. The summed E-state index contributed by atoms with van der Waals surface area (Å²) >= 11 is 4.28. The number of hydrogen-bond acceptors (Lipinski definition) is 5. The Hall–Kier alpha value is -1.60. The van der Waals surface area contributed by atoms with Crippen LogP contribution in [0.2, 0.25) is 0 Å². The highest BCUT2D eigenvalue weighted by atomic mass is 32.1. The van der Waals surface area contributed by atoms with Gasteiger partial charge in [0.25, 0.3) is 5.91 Å². The quantitative estimate of drug-likeness (QED) is 0.464. The van der Waals surface area contributed by atoms with Gasteiger partial charge in [-0.1, -0.05) is 56.7 Å². The van der Waals surface area contributed by atoms with E-state index in [4.69, 9.17) is 10.5 Å². The fraction of sp³-hybridized carbons (Fsp3) is 0.522. The van der Waals surface area contributed by atoms with Crippen LogP contribution in [0.5, 0.6) is 0 Å². The number of carbonyl (C=O) groups is 1. The van der Waals surface area contributed by atoms with Crippen LogP contribution in [0.15, 0.2) is 42.5 Å². The molecule has 0 unspecified atom stereocenters. The molecule has 0 radical (unpaired) electrons. The van der Waals surface area contributed by atoms with Crippen molar-refractivity contribution in [2.45, 2.75) is 32.4 Å². The highest BCUT2D eigenvalue weighted by Gasteiger charge is 2.24. The van der Waals surface area contributed by atoms with Crippen molar-refractivity contribution in [3.63, 3.8) is 0 Å². The Labute approximate surface area is 180 Å². The molecule has 0 aliphatic carbocycles. The van der Waals surface area contributed by atoms with Crippen molar-refractivity contribution in [3.05, 3.63) is 48.0 Å². The lowest BCUT2D eigenvalue weighted by molar-refractivity contribution is 0.0660. The molecule has 2 rings (SSSR count). The van der Waals surface area contributed by atoms with Gasteiger partial charge >= 0.3 is 0 Å². The molecule has 0 aliphatic rings. The number of hydrogen-bond donors (Lipinski definition) is 3. The maximum Gasteiger partial charge on any atom is 0.254 e. The number of fused-ring (bicyclic) bond motifs is 1. The Balaban J connectivity index is 2.26. The predicted molar refractivity (Wildman–Crippen MR) is 125 cm³/mol. The van der Waals surface area contributed by atoms with Crippen LogP contribution in [0.3, 0.4) is 0 Å². The Morgan fingerprint density at radius 3 is 2.66 bits per heavy atom. The largest absolute Gasteiger partial charge is 0.383 e. The van der Waals surface area contributed by atoms with Crippen LogP contribution in [0.25, 0.3) is 10.8 Å². The van der Waals surface area contributed by atoms with E-state index in [1.54, 1.807) is 7.11 Å². The molecule has 2 aromatic carbocycles. The summed E-state index contributed by atoms with van der Waals surface area (Å²) in [5, 5.41) is 5.61. The van der Waals surface area contributed by atoms with Gasteiger partial charge in [-0.05, 0) is 22.8 Å². The summed E-state index contributed by atoms with van der Waals surface area (Å²) in [4.78, 5) is 15.4. The molecule has 160 valence electrons. The molecule has 0 spiro atoms. The third kappa shape index (κ3) is 6.71. The Bertz CT molecular complexity index is 765. The average molecular weight is 418 g/mol. The molecule has 0 heterocycles. The zero-order valence-electron chi connectivity index (χ0n) is 17.8. The molecule has 1 amide bonds. The lowest BCUT2D eigenvalue weighted by atomic mass is 9.97. The number of thiol groups is 1. The van der Waals surface area contributed by atoms with Gasteiger partial charge in [-0.15, -0.1) is 0 Å². The molecule has 2 aromatic rings. The first-order valence-electron chi connectivity index (χ1n) is 10.4. The maximum absolute atomic E-state index is 13.5. The number of methoxy groups -OCH3 is 1. The molecule has 0 bridgehead atoms. The summed E-state index contributed by atoms with van der Waals surface area (Å²) in [6.07, 6.45) is 1.02. The zero-order chi connectivity index (χ0) is 21.2. The maximum atomic E-state index is 13.5. The highest BCUT2D eigenvalue weighted by molar-refractivity contribution is 7.80. The van der Waals surface area contributed by atoms with E-state index in [2.05, 4.69) is 31.8 Å². The Morgan fingerprint density at radius 1 is 1.24 bits per heavy atom. The minimum atomic E-state index is -0.00826. The molecule has 0 fully saturated rings. The molecule has 5 nitrogen and oxygen atoms in total. The number of nitrogens with two attached hydrogens (primary N) is 1. The number of nitrogens with zero attached hydrogens (tertiary/aromatic N) is 1. The molecule has 0 saturated heterocycles. The fourth-order valence-electron chi connectivity index (χ4n) is 3.39. The third-order valence-corrected chi connectivity index (χ3v) is 5.97. The first-order valence-corrected chi connectivity index (χ1v) is 11.0. The van der Waals surface area contributed by atoms with Crippen LogP contribution < -0.4 is 11.1 Å². The van der Waals surface area contributed by atoms with Crippen LogP contribution in [0, 0.1) is 5.92 Å². The van der Waals surface area contributed by atoms with Gasteiger partial charge in [-0.3, -0.25) is 4.79 Å². The van der Waals surface area contributed by atoms with Crippen molar-refractivity contribution in [3.8, 4) is 0 Å². The standard InChI is InChI=1S/C23H35N3O2S/c1-4-17(2)22(25-14-19(24)16-29)15-26(12-13-28-3)23(27)21-11-7-9-18-8-5-6-10-20(18)21/h5-11,17,19,22,25,29H,4,12-16,24H2,1-3H3/t17-,19+,22+/m0/s1. The third-order valence-electron chi connectivity index (χ3n) is 5.50. The fourth-order valence-corrected chi connectivity index (χ4v) is 3.52. The summed E-state index contributed by atoms with van der Waals surface area (Å²) in [5.74, 6) is 1.07. The van der Waals surface area contributed by atoms with Crippen LogP contribution in [-0.4, -0.2) is 62.0 Å². The van der Waals surface area contributed by atoms with E-state index >= 15 is 0 Å². The Kier molecular flexibility index (Phi) is 9.94. The summed E-state index contributed by atoms with van der Waals surface area (Å²) in [7, 11) is 1.66. The molecule has 3 N–H and O–H groups in total. The molecule has 6 heteroatoms. The molecular formula is C23H35N3O2S. The van der Waals surface area contributed by atoms with Crippen molar-refractivity contribution in [2.75, 3.05) is 39.1 Å². The topological polar surface area (TPSA) is 67.6 Å². The van der Waals surface area contributed by atoms with Crippen molar-refractivity contribution in [1.82, 2.24) is 10.2 Å². The summed E-state index contributed by atoms with van der Waals surface area (Å²) in [6, 6.07) is 14.0. The second-order valence-corrected chi connectivity index (χ2v) is 7.98. The first kappa shape index (κ1) is 23.7. The number of carbonyl (C=O) groups excluding carboxylic acids is 1. The lowest BCUT2D eigenvalue weighted by Gasteiger charge is -2.32. The van der Waals surface area contributed by atoms with Gasteiger partial charge in [0.2, 0.25) is 0 Å². The number of nitrogens with one attached hydrogen (secondary N) is 1. The van der Waals surface area contributed by atoms with Crippen molar-refractivity contribution in [2.24, 2.45) is 11.7 Å². The van der Waals surface area contributed by atoms with E-state index in [1.165, 1.54) is 0 Å². The number of benzene rings is 2. The summed E-state index contributed by atoms with van der Waals surface area (Å²) in [5.41, 5.74) is 6.78. The lowest BCUT2D eigenvalue weighted by Crippen LogP contribution is -2.50. The summed E-state index contributed by atoms with van der Waals surface area (Å²) < 4.78 is 5.29. The van der Waals surface area contributed by atoms with Crippen molar-refractivity contribution < 1.29 is 9.53 Å². The van der Waals surface area contributed by atoms with Crippen LogP contribution in [0.4, 0.5) is 0 Å².